The summed E-state index contributed by atoms with van der Waals surface area (Å²) in [4.78, 5) is 29.8. The van der Waals surface area contributed by atoms with Crippen LogP contribution in [-0.2, 0) is 13.0 Å². The third-order valence-corrected chi connectivity index (χ3v) is 5.08. The molecule has 1 aliphatic carbocycles. The second kappa shape index (κ2) is 6.29. The Morgan fingerprint density at radius 3 is 2.81 bits per heavy atom. The molecule has 2 aliphatic heterocycles. The molecule has 1 aromatic carbocycles. The Morgan fingerprint density at radius 1 is 1.11 bits per heavy atom. The van der Waals surface area contributed by atoms with Crippen LogP contribution in [0.4, 0.5) is 5.69 Å². The van der Waals surface area contributed by atoms with Crippen molar-refractivity contribution in [3.8, 4) is 11.5 Å². The molecule has 8 heteroatoms. The van der Waals surface area contributed by atoms with Crippen molar-refractivity contribution >= 4 is 17.5 Å². The van der Waals surface area contributed by atoms with Crippen LogP contribution in [0.25, 0.3) is 0 Å². The van der Waals surface area contributed by atoms with Crippen molar-refractivity contribution in [2.75, 3.05) is 12.1 Å². The third kappa shape index (κ3) is 3.01. The van der Waals surface area contributed by atoms with E-state index < -0.39 is 0 Å². The number of hydrogen-bond donors (Lipinski definition) is 2. The standard InChI is InChI=1S/C19H20N4O4/c24-18(20-11-4-5-11)16-13-3-1-2-8-23(13)17(22-16)19(25)21-12-6-7-14-15(9-12)27-10-26-14/h6-7,9,11H,1-5,8,10H2,(H,20,24)(H,21,25). The maximum atomic E-state index is 12.9. The van der Waals surface area contributed by atoms with E-state index in [1.54, 1.807) is 18.2 Å². The fourth-order valence-corrected chi connectivity index (χ4v) is 3.54. The number of imidazole rings is 1. The molecular formula is C19H20N4O4. The highest BCUT2D eigenvalue weighted by atomic mass is 16.7. The summed E-state index contributed by atoms with van der Waals surface area (Å²) in [5.41, 5.74) is 1.84. The third-order valence-electron chi connectivity index (χ3n) is 5.08. The molecular weight excluding hydrogens is 348 g/mol. The first-order valence-electron chi connectivity index (χ1n) is 9.30. The molecule has 0 unspecified atom stereocenters. The molecule has 2 N–H and O–H groups in total. The summed E-state index contributed by atoms with van der Waals surface area (Å²) in [6, 6.07) is 5.49. The second-order valence-corrected chi connectivity index (χ2v) is 7.11. The van der Waals surface area contributed by atoms with Crippen LogP contribution >= 0.6 is 0 Å². The summed E-state index contributed by atoms with van der Waals surface area (Å²) >= 11 is 0. The van der Waals surface area contributed by atoms with Crippen molar-refractivity contribution in [2.24, 2.45) is 0 Å². The monoisotopic (exact) mass is 368 g/mol. The quantitative estimate of drug-likeness (QED) is 0.862. The van der Waals surface area contributed by atoms with Crippen LogP contribution in [-0.4, -0.2) is 34.2 Å². The van der Waals surface area contributed by atoms with Crippen molar-refractivity contribution in [3.63, 3.8) is 0 Å². The second-order valence-electron chi connectivity index (χ2n) is 7.11. The van der Waals surface area contributed by atoms with E-state index in [1.165, 1.54) is 0 Å². The van der Waals surface area contributed by atoms with Gasteiger partial charge >= 0.3 is 0 Å². The summed E-state index contributed by atoms with van der Waals surface area (Å²) in [5.74, 6) is 1.03. The van der Waals surface area contributed by atoms with Crippen LogP contribution in [0.15, 0.2) is 18.2 Å². The Morgan fingerprint density at radius 2 is 1.96 bits per heavy atom. The number of aromatic nitrogens is 2. The maximum Gasteiger partial charge on any atom is 0.291 e. The van der Waals surface area contributed by atoms with Crippen LogP contribution in [0.1, 0.15) is 52.5 Å². The molecule has 3 aliphatic rings. The number of benzene rings is 1. The van der Waals surface area contributed by atoms with Gasteiger partial charge in [0.2, 0.25) is 6.79 Å². The minimum Gasteiger partial charge on any atom is -0.454 e. The van der Waals surface area contributed by atoms with Crippen molar-refractivity contribution in [1.82, 2.24) is 14.9 Å². The minimum atomic E-state index is -0.331. The lowest BCUT2D eigenvalue weighted by molar-refractivity contribution is 0.0945. The van der Waals surface area contributed by atoms with Gasteiger partial charge in [-0.3, -0.25) is 9.59 Å². The van der Waals surface area contributed by atoms with Gasteiger partial charge in [0.15, 0.2) is 17.3 Å². The molecule has 0 spiro atoms. The normalized spacial score (nSPS) is 17.3. The zero-order valence-corrected chi connectivity index (χ0v) is 14.8. The van der Waals surface area contributed by atoms with E-state index in [4.69, 9.17) is 9.47 Å². The van der Waals surface area contributed by atoms with Gasteiger partial charge in [-0.15, -0.1) is 0 Å². The van der Waals surface area contributed by atoms with Crippen LogP contribution in [0.5, 0.6) is 11.5 Å². The lowest BCUT2D eigenvalue weighted by Gasteiger charge is -2.17. The lowest BCUT2D eigenvalue weighted by atomic mass is 10.1. The van der Waals surface area contributed by atoms with Gasteiger partial charge in [-0.05, 0) is 44.2 Å². The average Bonchev–Trinajstić information content (AvgIpc) is 3.22. The highest BCUT2D eigenvalue weighted by Crippen LogP contribution is 2.34. The molecule has 0 atom stereocenters. The molecule has 5 rings (SSSR count). The molecule has 0 radical (unpaired) electrons. The van der Waals surface area contributed by atoms with Crippen LogP contribution < -0.4 is 20.1 Å². The maximum absolute atomic E-state index is 12.9. The summed E-state index contributed by atoms with van der Waals surface area (Å²) in [5, 5.41) is 5.83. The number of fused-ring (bicyclic) bond motifs is 2. The Balaban J connectivity index is 1.42. The number of ether oxygens (including phenoxy) is 2. The van der Waals surface area contributed by atoms with E-state index in [0.29, 0.717) is 29.4 Å². The largest absolute Gasteiger partial charge is 0.454 e. The van der Waals surface area contributed by atoms with Gasteiger partial charge in [0, 0.05) is 24.3 Å². The average molecular weight is 368 g/mol. The summed E-state index contributed by atoms with van der Waals surface area (Å²) in [6.45, 7) is 0.878. The number of carbonyl (C=O) groups is 2. The first kappa shape index (κ1) is 16.2. The Bertz CT molecular complexity index is 932. The topological polar surface area (TPSA) is 94.5 Å². The number of rotatable bonds is 4. The van der Waals surface area contributed by atoms with Gasteiger partial charge in [-0.2, -0.15) is 0 Å². The molecule has 0 saturated heterocycles. The van der Waals surface area contributed by atoms with Gasteiger partial charge in [0.1, 0.15) is 5.69 Å². The predicted octanol–water partition coefficient (Wildman–Crippen LogP) is 2.09. The molecule has 1 aromatic heterocycles. The van der Waals surface area contributed by atoms with E-state index in [9.17, 15) is 9.59 Å². The van der Waals surface area contributed by atoms with Crippen molar-refractivity contribution in [2.45, 2.75) is 44.7 Å². The minimum absolute atomic E-state index is 0.176. The number of nitrogens with zero attached hydrogens (tertiary/aromatic N) is 2. The van der Waals surface area contributed by atoms with E-state index in [-0.39, 0.29) is 30.5 Å². The number of nitrogens with one attached hydrogen (secondary N) is 2. The molecule has 1 saturated carbocycles. The highest BCUT2D eigenvalue weighted by molar-refractivity contribution is 6.04. The first-order valence-corrected chi connectivity index (χ1v) is 9.30. The molecule has 27 heavy (non-hydrogen) atoms. The smallest absolute Gasteiger partial charge is 0.291 e. The van der Waals surface area contributed by atoms with E-state index >= 15 is 0 Å². The van der Waals surface area contributed by atoms with Crippen molar-refractivity contribution in [3.05, 3.63) is 35.4 Å². The van der Waals surface area contributed by atoms with E-state index in [2.05, 4.69) is 15.6 Å². The summed E-state index contributed by atoms with van der Waals surface area (Å²) in [7, 11) is 0. The zero-order chi connectivity index (χ0) is 18.4. The zero-order valence-electron chi connectivity index (χ0n) is 14.8. The van der Waals surface area contributed by atoms with E-state index in [1.807, 2.05) is 4.57 Å². The number of amides is 2. The molecule has 3 heterocycles. The lowest BCUT2D eigenvalue weighted by Crippen LogP contribution is -2.27. The molecule has 140 valence electrons. The van der Waals surface area contributed by atoms with E-state index in [0.717, 1.165) is 37.8 Å². The first-order chi connectivity index (χ1) is 13.2. The number of carbonyl (C=O) groups excluding carboxylic acids is 2. The molecule has 1 fully saturated rings. The van der Waals surface area contributed by atoms with Crippen LogP contribution in [0.2, 0.25) is 0 Å². The van der Waals surface area contributed by atoms with Gasteiger partial charge < -0.3 is 24.7 Å². The van der Waals surface area contributed by atoms with Gasteiger partial charge in [0.05, 0.1) is 5.69 Å². The Labute approximate surface area is 155 Å². The number of anilines is 1. The SMILES string of the molecule is O=C(NC1CC1)c1nc(C(=O)Nc2ccc3c(c2)OCO3)n2c1CCCC2. The Kier molecular flexibility index (Phi) is 3.77. The Hall–Kier alpha value is -3.03. The fraction of sp³-hybridized carbons (Fsp3) is 0.421. The van der Waals surface area contributed by atoms with Gasteiger partial charge in [0.25, 0.3) is 11.8 Å². The highest BCUT2D eigenvalue weighted by Gasteiger charge is 2.31. The molecule has 8 nitrogen and oxygen atoms in total. The summed E-state index contributed by atoms with van der Waals surface area (Å²) in [6.07, 6.45) is 4.76. The fourth-order valence-electron chi connectivity index (χ4n) is 3.54. The van der Waals surface area contributed by atoms with Crippen LogP contribution in [0.3, 0.4) is 0 Å². The molecule has 2 aromatic rings. The van der Waals surface area contributed by atoms with Gasteiger partial charge in [-0.1, -0.05) is 0 Å². The van der Waals surface area contributed by atoms with Crippen molar-refractivity contribution < 1.29 is 19.1 Å². The van der Waals surface area contributed by atoms with Gasteiger partial charge in [-0.25, -0.2) is 4.98 Å². The van der Waals surface area contributed by atoms with Crippen molar-refractivity contribution in [1.29, 1.82) is 0 Å². The molecule has 2 amide bonds. The predicted molar refractivity (Wildman–Crippen MR) is 96.2 cm³/mol. The molecule has 0 bridgehead atoms. The van der Waals surface area contributed by atoms with Crippen LogP contribution in [0, 0.1) is 0 Å². The number of hydrogen-bond acceptors (Lipinski definition) is 5. The summed E-state index contributed by atoms with van der Waals surface area (Å²) < 4.78 is 12.5.